The van der Waals surface area contributed by atoms with Crippen molar-refractivity contribution in [3.63, 3.8) is 0 Å². The average molecular weight is 366 g/mol. The molecule has 2 rings (SSSR count). The highest BCUT2D eigenvalue weighted by atomic mass is 32.2. The molecule has 0 fully saturated rings. The minimum absolute atomic E-state index is 0.230. The Morgan fingerprint density at radius 3 is 2.71 bits per heavy atom. The maximum atomic E-state index is 12.3. The van der Waals surface area contributed by atoms with Gasteiger partial charge in [0.05, 0.1) is 0 Å². The van der Waals surface area contributed by atoms with E-state index in [-0.39, 0.29) is 5.91 Å². The van der Waals surface area contributed by atoms with E-state index < -0.39 is 6.10 Å². The second-order valence-electron chi connectivity index (χ2n) is 6.10. The molecule has 5 nitrogen and oxygen atoms in total. The van der Waals surface area contributed by atoms with Crippen LogP contribution in [0.3, 0.4) is 0 Å². The van der Waals surface area contributed by atoms with Gasteiger partial charge in [-0.05, 0) is 38.3 Å². The first-order valence-corrected chi connectivity index (χ1v) is 9.66. The number of amides is 1. The molecule has 1 heterocycles. The van der Waals surface area contributed by atoms with Crippen LogP contribution in [0.4, 0.5) is 5.13 Å². The molecule has 0 aliphatic carbocycles. The molecule has 0 aliphatic heterocycles. The van der Waals surface area contributed by atoms with Crippen LogP contribution in [0.15, 0.2) is 22.5 Å². The number of nitrogens with one attached hydrogen (secondary N) is 1. The molecular formula is C17H23N3O2S2. The number of benzene rings is 1. The zero-order chi connectivity index (χ0) is 17.7. The second kappa shape index (κ2) is 8.48. The number of hydrogen-bond acceptors (Lipinski definition) is 6. The number of aromatic nitrogens is 2. The summed E-state index contributed by atoms with van der Waals surface area (Å²) in [5, 5.41) is 11.4. The third-order valence-electron chi connectivity index (χ3n) is 3.18. The van der Waals surface area contributed by atoms with Crippen molar-refractivity contribution in [1.29, 1.82) is 0 Å². The van der Waals surface area contributed by atoms with Crippen LogP contribution in [0.2, 0.25) is 0 Å². The Morgan fingerprint density at radius 2 is 2.04 bits per heavy atom. The maximum absolute atomic E-state index is 12.3. The lowest BCUT2D eigenvalue weighted by atomic mass is 10.1. The number of aryl methyl sites for hydroxylation is 2. The van der Waals surface area contributed by atoms with Gasteiger partial charge in [0.25, 0.3) is 5.91 Å². The molecule has 24 heavy (non-hydrogen) atoms. The minimum Gasteiger partial charge on any atom is -0.481 e. The molecule has 0 spiro atoms. The van der Waals surface area contributed by atoms with Gasteiger partial charge < -0.3 is 4.74 Å². The topological polar surface area (TPSA) is 64.1 Å². The van der Waals surface area contributed by atoms with Crippen LogP contribution in [0.25, 0.3) is 0 Å². The highest BCUT2D eigenvalue weighted by Crippen LogP contribution is 2.27. The number of nitrogens with zero attached hydrogens (tertiary/aromatic N) is 2. The smallest absolute Gasteiger partial charge is 0.266 e. The summed E-state index contributed by atoms with van der Waals surface area (Å²) in [6, 6.07) is 5.89. The van der Waals surface area contributed by atoms with E-state index in [1.165, 1.54) is 11.3 Å². The van der Waals surface area contributed by atoms with Crippen LogP contribution in [0.1, 0.15) is 31.9 Å². The first kappa shape index (κ1) is 18.7. The van der Waals surface area contributed by atoms with Gasteiger partial charge in [-0.3, -0.25) is 10.1 Å². The first-order chi connectivity index (χ1) is 11.3. The molecule has 7 heteroatoms. The summed E-state index contributed by atoms with van der Waals surface area (Å²) in [6.07, 6.45) is -0.609. The standard InChI is InChI=1S/C17H23N3O2S2/c1-10(2)9-23-17-20-19-16(24-17)18-15(21)13(5)22-14-7-6-11(3)8-12(14)4/h6-8,10,13H,9H2,1-5H3,(H,18,19,21). The quantitative estimate of drug-likeness (QED) is 0.585. The fourth-order valence-electron chi connectivity index (χ4n) is 1.94. The number of anilines is 1. The van der Waals surface area contributed by atoms with Gasteiger partial charge >= 0.3 is 0 Å². The summed E-state index contributed by atoms with van der Waals surface area (Å²) < 4.78 is 6.62. The van der Waals surface area contributed by atoms with Crippen LogP contribution >= 0.6 is 23.1 Å². The third-order valence-corrected chi connectivity index (χ3v) is 5.58. The van der Waals surface area contributed by atoms with Gasteiger partial charge in [-0.1, -0.05) is 54.6 Å². The van der Waals surface area contributed by atoms with Gasteiger partial charge in [0.15, 0.2) is 10.4 Å². The molecule has 0 saturated carbocycles. The average Bonchev–Trinajstić information content (AvgIpc) is 2.95. The van der Waals surface area contributed by atoms with Gasteiger partial charge in [0, 0.05) is 5.75 Å². The second-order valence-corrected chi connectivity index (χ2v) is 8.34. The SMILES string of the molecule is Cc1ccc(OC(C)C(=O)Nc2nnc(SCC(C)C)s2)c(C)c1. The van der Waals surface area contributed by atoms with Crippen molar-refractivity contribution in [1.82, 2.24) is 10.2 Å². The van der Waals surface area contributed by atoms with E-state index in [1.807, 2.05) is 32.0 Å². The minimum atomic E-state index is -0.609. The Kier molecular flexibility index (Phi) is 6.62. The zero-order valence-corrected chi connectivity index (χ0v) is 16.3. The van der Waals surface area contributed by atoms with Crippen molar-refractivity contribution in [3.8, 4) is 5.75 Å². The Balaban J connectivity index is 1.91. The van der Waals surface area contributed by atoms with Crippen molar-refractivity contribution in [2.75, 3.05) is 11.1 Å². The zero-order valence-electron chi connectivity index (χ0n) is 14.6. The number of rotatable bonds is 7. The van der Waals surface area contributed by atoms with Crippen LogP contribution in [0.5, 0.6) is 5.75 Å². The third kappa shape index (κ3) is 5.49. The summed E-state index contributed by atoms with van der Waals surface area (Å²) in [7, 11) is 0. The van der Waals surface area contributed by atoms with E-state index >= 15 is 0 Å². The molecular weight excluding hydrogens is 342 g/mol. The van der Waals surface area contributed by atoms with E-state index in [4.69, 9.17) is 4.74 Å². The molecule has 0 saturated heterocycles. The largest absolute Gasteiger partial charge is 0.481 e. The molecule has 1 amide bonds. The molecule has 1 aromatic carbocycles. The van der Waals surface area contributed by atoms with Gasteiger partial charge in [0.2, 0.25) is 5.13 Å². The number of ether oxygens (including phenoxy) is 1. The predicted molar refractivity (Wildman–Crippen MR) is 100 cm³/mol. The summed E-state index contributed by atoms with van der Waals surface area (Å²) >= 11 is 3.04. The molecule has 1 atom stereocenters. The van der Waals surface area contributed by atoms with E-state index in [0.29, 0.717) is 16.8 Å². The summed E-state index contributed by atoms with van der Waals surface area (Å²) in [5.74, 6) is 2.05. The number of thioether (sulfide) groups is 1. The van der Waals surface area contributed by atoms with Crippen LogP contribution in [-0.4, -0.2) is 28.0 Å². The van der Waals surface area contributed by atoms with E-state index in [9.17, 15) is 4.79 Å². The van der Waals surface area contributed by atoms with Crippen LogP contribution < -0.4 is 10.1 Å². The van der Waals surface area contributed by atoms with Crippen LogP contribution in [0, 0.1) is 19.8 Å². The van der Waals surface area contributed by atoms with E-state index in [1.54, 1.807) is 18.7 Å². The normalized spacial score (nSPS) is 12.2. The van der Waals surface area contributed by atoms with Gasteiger partial charge in [-0.2, -0.15) is 0 Å². The molecule has 1 N–H and O–H groups in total. The molecule has 0 radical (unpaired) electrons. The fraction of sp³-hybridized carbons (Fsp3) is 0.471. The molecule has 1 unspecified atom stereocenters. The van der Waals surface area contributed by atoms with E-state index in [2.05, 4.69) is 29.4 Å². The van der Waals surface area contributed by atoms with E-state index in [0.717, 1.165) is 21.2 Å². The van der Waals surface area contributed by atoms with Crippen molar-refractivity contribution in [2.24, 2.45) is 5.92 Å². The highest BCUT2D eigenvalue weighted by Gasteiger charge is 2.18. The van der Waals surface area contributed by atoms with Crippen LogP contribution in [-0.2, 0) is 4.79 Å². The summed E-state index contributed by atoms with van der Waals surface area (Å²) in [4.78, 5) is 12.3. The van der Waals surface area contributed by atoms with Gasteiger partial charge in [0.1, 0.15) is 5.75 Å². The van der Waals surface area contributed by atoms with Crippen molar-refractivity contribution in [3.05, 3.63) is 29.3 Å². The lowest BCUT2D eigenvalue weighted by molar-refractivity contribution is -0.122. The first-order valence-electron chi connectivity index (χ1n) is 7.86. The summed E-state index contributed by atoms with van der Waals surface area (Å²) in [5.41, 5.74) is 2.18. The van der Waals surface area contributed by atoms with Gasteiger partial charge in [-0.15, -0.1) is 10.2 Å². The fourth-order valence-corrected chi connectivity index (χ4v) is 3.67. The Labute approximate surface area is 151 Å². The predicted octanol–water partition coefficient (Wildman–Crippen LogP) is 4.31. The Morgan fingerprint density at radius 1 is 1.29 bits per heavy atom. The number of carbonyl (C=O) groups excluding carboxylic acids is 1. The van der Waals surface area contributed by atoms with Crippen molar-refractivity contribution < 1.29 is 9.53 Å². The number of carbonyl (C=O) groups is 1. The molecule has 130 valence electrons. The lowest BCUT2D eigenvalue weighted by Crippen LogP contribution is -2.30. The highest BCUT2D eigenvalue weighted by molar-refractivity contribution is 8.01. The molecule has 2 aromatic rings. The molecule has 0 aliphatic rings. The van der Waals surface area contributed by atoms with Gasteiger partial charge in [-0.25, -0.2) is 0 Å². The summed E-state index contributed by atoms with van der Waals surface area (Å²) in [6.45, 7) is 10.0. The maximum Gasteiger partial charge on any atom is 0.266 e. The lowest BCUT2D eigenvalue weighted by Gasteiger charge is -2.15. The monoisotopic (exact) mass is 365 g/mol. The molecule has 1 aromatic heterocycles. The van der Waals surface area contributed by atoms with Crippen molar-refractivity contribution in [2.45, 2.75) is 45.1 Å². The Bertz CT molecular complexity index is 701. The number of hydrogen-bond donors (Lipinski definition) is 1. The molecule has 0 bridgehead atoms. The Hall–Kier alpha value is -1.60. The van der Waals surface area contributed by atoms with Crippen molar-refractivity contribution >= 4 is 34.1 Å².